The second-order valence-corrected chi connectivity index (χ2v) is 5.71. The summed E-state index contributed by atoms with van der Waals surface area (Å²) in [6.07, 6.45) is 4.40. The number of hydrogen-bond acceptors (Lipinski definition) is 5. The van der Waals surface area contributed by atoms with E-state index in [9.17, 15) is 4.79 Å². The summed E-state index contributed by atoms with van der Waals surface area (Å²) in [6, 6.07) is 0.449. The van der Waals surface area contributed by atoms with Gasteiger partial charge in [-0.2, -0.15) is 4.98 Å². The monoisotopic (exact) mass is 294 g/mol. The summed E-state index contributed by atoms with van der Waals surface area (Å²) in [5, 5.41) is 7.09. The van der Waals surface area contributed by atoms with E-state index in [-0.39, 0.29) is 11.9 Å². The van der Waals surface area contributed by atoms with Gasteiger partial charge in [0.2, 0.25) is 11.8 Å². The minimum absolute atomic E-state index is 0.141. The molecule has 6 nitrogen and oxygen atoms in total. The molecule has 1 atom stereocenters. The zero-order valence-electron chi connectivity index (χ0n) is 13.3. The quantitative estimate of drug-likeness (QED) is 0.869. The van der Waals surface area contributed by atoms with Crippen molar-refractivity contribution in [3.63, 3.8) is 0 Å². The van der Waals surface area contributed by atoms with E-state index in [0.717, 1.165) is 44.6 Å². The molecule has 1 aromatic rings. The number of nitrogens with zero attached hydrogens (tertiary/aromatic N) is 3. The molecule has 0 spiro atoms. The van der Waals surface area contributed by atoms with E-state index in [2.05, 4.69) is 34.2 Å². The summed E-state index contributed by atoms with van der Waals surface area (Å²) >= 11 is 0. The Bertz CT molecular complexity index is 452. The predicted molar refractivity (Wildman–Crippen MR) is 79.7 cm³/mol. The normalized spacial score (nSPS) is 18.6. The molecule has 0 unspecified atom stereocenters. The van der Waals surface area contributed by atoms with Crippen molar-refractivity contribution in [3.8, 4) is 0 Å². The fourth-order valence-corrected chi connectivity index (χ4v) is 2.68. The van der Waals surface area contributed by atoms with Gasteiger partial charge < -0.3 is 9.84 Å². The molecule has 1 amide bonds. The SMILES string of the molecule is CCCc1noc([C@H](C)N2CCC(NC(=O)CC)CC2)n1. The number of carbonyl (C=O) groups is 1. The topological polar surface area (TPSA) is 71.3 Å². The maximum absolute atomic E-state index is 11.4. The second kappa shape index (κ2) is 7.54. The summed E-state index contributed by atoms with van der Waals surface area (Å²) in [5.74, 6) is 1.64. The molecule has 1 saturated heterocycles. The average molecular weight is 294 g/mol. The number of aryl methyl sites for hydroxylation is 1. The van der Waals surface area contributed by atoms with E-state index >= 15 is 0 Å². The van der Waals surface area contributed by atoms with Gasteiger partial charge in [0.05, 0.1) is 6.04 Å². The lowest BCUT2D eigenvalue weighted by Gasteiger charge is -2.34. The Morgan fingerprint density at radius 3 is 2.76 bits per heavy atom. The summed E-state index contributed by atoms with van der Waals surface area (Å²) in [6.45, 7) is 7.99. The molecule has 0 radical (unpaired) electrons. The third-order valence-corrected chi connectivity index (χ3v) is 4.08. The van der Waals surface area contributed by atoms with Gasteiger partial charge in [0, 0.05) is 32.0 Å². The van der Waals surface area contributed by atoms with Crippen molar-refractivity contribution >= 4 is 5.91 Å². The molecule has 6 heteroatoms. The minimum atomic E-state index is 0.141. The van der Waals surface area contributed by atoms with Crippen LogP contribution in [0.3, 0.4) is 0 Å². The van der Waals surface area contributed by atoms with Crippen LogP contribution < -0.4 is 5.32 Å². The van der Waals surface area contributed by atoms with Crippen molar-refractivity contribution in [1.82, 2.24) is 20.4 Å². The van der Waals surface area contributed by atoms with Crippen molar-refractivity contribution < 1.29 is 9.32 Å². The van der Waals surface area contributed by atoms with Crippen molar-refractivity contribution in [2.45, 2.75) is 65.0 Å². The summed E-state index contributed by atoms with van der Waals surface area (Å²) < 4.78 is 5.37. The van der Waals surface area contributed by atoms with Crippen molar-refractivity contribution in [1.29, 1.82) is 0 Å². The van der Waals surface area contributed by atoms with Gasteiger partial charge in [0.25, 0.3) is 0 Å². The van der Waals surface area contributed by atoms with E-state index in [4.69, 9.17) is 4.52 Å². The van der Waals surface area contributed by atoms with Crippen LogP contribution in [0.5, 0.6) is 0 Å². The fourth-order valence-electron chi connectivity index (χ4n) is 2.68. The molecule has 1 fully saturated rings. The number of piperidine rings is 1. The number of nitrogens with one attached hydrogen (secondary N) is 1. The molecule has 0 aromatic carbocycles. The Hall–Kier alpha value is -1.43. The van der Waals surface area contributed by atoms with Gasteiger partial charge in [0.15, 0.2) is 5.82 Å². The Kier molecular flexibility index (Phi) is 5.73. The molecule has 0 aliphatic carbocycles. The average Bonchev–Trinajstić information content (AvgIpc) is 2.96. The largest absolute Gasteiger partial charge is 0.353 e. The number of carbonyl (C=O) groups excluding carboxylic acids is 1. The summed E-state index contributed by atoms with van der Waals surface area (Å²) in [7, 11) is 0. The number of hydrogen-bond donors (Lipinski definition) is 1. The van der Waals surface area contributed by atoms with Crippen LogP contribution in [-0.4, -0.2) is 40.1 Å². The third-order valence-electron chi connectivity index (χ3n) is 4.08. The molecule has 1 N–H and O–H groups in total. The first kappa shape index (κ1) is 15.9. The summed E-state index contributed by atoms with van der Waals surface area (Å²) in [4.78, 5) is 18.2. The van der Waals surface area contributed by atoms with Gasteiger partial charge in [-0.05, 0) is 26.2 Å². The summed E-state index contributed by atoms with van der Waals surface area (Å²) in [5.41, 5.74) is 0. The van der Waals surface area contributed by atoms with Crippen LogP contribution in [0, 0.1) is 0 Å². The first-order chi connectivity index (χ1) is 10.1. The van der Waals surface area contributed by atoms with Crippen LogP contribution in [0.15, 0.2) is 4.52 Å². The van der Waals surface area contributed by atoms with Crippen LogP contribution >= 0.6 is 0 Å². The zero-order valence-corrected chi connectivity index (χ0v) is 13.3. The molecule has 1 aliphatic rings. The van der Waals surface area contributed by atoms with E-state index in [1.165, 1.54) is 0 Å². The van der Waals surface area contributed by atoms with Gasteiger partial charge in [-0.15, -0.1) is 0 Å². The first-order valence-electron chi connectivity index (χ1n) is 7.99. The van der Waals surface area contributed by atoms with Crippen LogP contribution in [0.2, 0.25) is 0 Å². The Balaban J connectivity index is 1.84. The van der Waals surface area contributed by atoms with E-state index in [1.54, 1.807) is 0 Å². The maximum atomic E-state index is 11.4. The van der Waals surface area contributed by atoms with E-state index in [0.29, 0.717) is 18.4 Å². The lowest BCUT2D eigenvalue weighted by molar-refractivity contribution is -0.121. The highest BCUT2D eigenvalue weighted by Gasteiger charge is 2.27. The Morgan fingerprint density at radius 1 is 1.43 bits per heavy atom. The molecule has 1 aromatic heterocycles. The smallest absolute Gasteiger partial charge is 0.243 e. The van der Waals surface area contributed by atoms with Gasteiger partial charge in [-0.25, -0.2) is 0 Å². The van der Waals surface area contributed by atoms with Crippen LogP contribution in [0.1, 0.15) is 64.2 Å². The fraction of sp³-hybridized carbons (Fsp3) is 0.800. The Labute approximate surface area is 126 Å². The lowest BCUT2D eigenvalue weighted by atomic mass is 10.0. The van der Waals surface area contributed by atoms with Gasteiger partial charge in [-0.1, -0.05) is 19.0 Å². The van der Waals surface area contributed by atoms with Crippen LogP contribution in [0.4, 0.5) is 0 Å². The predicted octanol–water partition coefficient (Wildman–Crippen LogP) is 2.07. The van der Waals surface area contributed by atoms with E-state index in [1.807, 2.05) is 6.92 Å². The van der Waals surface area contributed by atoms with Crippen molar-refractivity contribution in [3.05, 3.63) is 11.7 Å². The highest BCUT2D eigenvalue weighted by molar-refractivity contribution is 5.75. The molecule has 21 heavy (non-hydrogen) atoms. The number of amides is 1. The third kappa shape index (κ3) is 4.27. The molecule has 118 valence electrons. The van der Waals surface area contributed by atoms with Crippen LogP contribution in [-0.2, 0) is 11.2 Å². The van der Waals surface area contributed by atoms with Crippen LogP contribution in [0.25, 0.3) is 0 Å². The maximum Gasteiger partial charge on any atom is 0.243 e. The van der Waals surface area contributed by atoms with Gasteiger partial charge in [0.1, 0.15) is 0 Å². The van der Waals surface area contributed by atoms with Gasteiger partial charge >= 0.3 is 0 Å². The molecule has 2 heterocycles. The molecule has 0 bridgehead atoms. The number of aromatic nitrogens is 2. The minimum Gasteiger partial charge on any atom is -0.353 e. The molecule has 1 aliphatic heterocycles. The lowest BCUT2D eigenvalue weighted by Crippen LogP contribution is -2.45. The first-order valence-corrected chi connectivity index (χ1v) is 7.99. The van der Waals surface area contributed by atoms with Gasteiger partial charge in [-0.3, -0.25) is 9.69 Å². The second-order valence-electron chi connectivity index (χ2n) is 5.71. The van der Waals surface area contributed by atoms with E-state index < -0.39 is 0 Å². The van der Waals surface area contributed by atoms with Crippen molar-refractivity contribution in [2.75, 3.05) is 13.1 Å². The molecule has 0 saturated carbocycles. The highest BCUT2D eigenvalue weighted by Crippen LogP contribution is 2.23. The molecule has 2 rings (SSSR count). The number of likely N-dealkylation sites (tertiary alicyclic amines) is 1. The highest BCUT2D eigenvalue weighted by atomic mass is 16.5. The zero-order chi connectivity index (χ0) is 15.2. The Morgan fingerprint density at radius 2 is 2.14 bits per heavy atom. The molecular weight excluding hydrogens is 268 g/mol. The standard InChI is InChI=1S/C15H26N4O2/c1-4-6-13-17-15(21-18-13)11(3)19-9-7-12(8-10-19)16-14(20)5-2/h11-12H,4-10H2,1-3H3,(H,16,20)/t11-/m0/s1. The van der Waals surface area contributed by atoms with Crippen molar-refractivity contribution in [2.24, 2.45) is 0 Å². The molecular formula is C15H26N4O2. The number of rotatable bonds is 6.